The number of likely N-dealkylation sites (tertiary alicyclic amines) is 1. The number of ether oxygens (including phenoxy) is 1. The van der Waals surface area contributed by atoms with Crippen molar-refractivity contribution in [3.63, 3.8) is 0 Å². The Bertz CT molecular complexity index is 332. The summed E-state index contributed by atoms with van der Waals surface area (Å²) in [6.07, 6.45) is 9.34. The molecule has 0 amide bonds. The Morgan fingerprint density at radius 2 is 2.00 bits per heavy atom. The van der Waals surface area contributed by atoms with Gasteiger partial charge in [-0.1, -0.05) is 19.8 Å². The Morgan fingerprint density at radius 3 is 2.64 bits per heavy atom. The zero-order valence-corrected chi connectivity index (χ0v) is 16.6. The van der Waals surface area contributed by atoms with Crippen molar-refractivity contribution in [3.8, 4) is 0 Å². The molecular formula is C17H34IN3O. The summed E-state index contributed by atoms with van der Waals surface area (Å²) < 4.78 is 5.95. The van der Waals surface area contributed by atoms with Gasteiger partial charge < -0.3 is 15.4 Å². The fraction of sp³-hybridized carbons (Fsp3) is 0.941. The zero-order chi connectivity index (χ0) is 15.1. The van der Waals surface area contributed by atoms with Gasteiger partial charge >= 0.3 is 0 Å². The van der Waals surface area contributed by atoms with Gasteiger partial charge in [0.25, 0.3) is 0 Å². The van der Waals surface area contributed by atoms with E-state index in [1.165, 1.54) is 38.5 Å². The first-order valence-electron chi connectivity index (χ1n) is 8.87. The van der Waals surface area contributed by atoms with Crippen LogP contribution in [0.15, 0.2) is 4.99 Å². The Hall–Kier alpha value is -0.0400. The number of halogens is 1. The summed E-state index contributed by atoms with van der Waals surface area (Å²) >= 11 is 0. The first-order chi connectivity index (χ1) is 10.2. The maximum Gasteiger partial charge on any atom is 0.191 e. The smallest absolute Gasteiger partial charge is 0.191 e. The molecule has 4 nitrogen and oxygen atoms in total. The molecule has 22 heavy (non-hydrogen) atoms. The largest absolute Gasteiger partial charge is 0.378 e. The predicted molar refractivity (Wildman–Crippen MR) is 104 cm³/mol. The standard InChI is InChI=1S/C17H33N3O.HI/c1-3-21-16(15-8-4-5-9-15)10-11-19-17(18)20-12-6-7-14(2)13-20;/h14-16H,3-13H2,1-2H3,(H2,18,19);1H. The van der Waals surface area contributed by atoms with Crippen LogP contribution in [0.2, 0.25) is 0 Å². The molecular weight excluding hydrogens is 389 g/mol. The van der Waals surface area contributed by atoms with Gasteiger partial charge in [0, 0.05) is 26.2 Å². The lowest BCUT2D eigenvalue weighted by Gasteiger charge is -2.31. The molecule has 0 aromatic rings. The van der Waals surface area contributed by atoms with Gasteiger partial charge in [-0.15, -0.1) is 24.0 Å². The summed E-state index contributed by atoms with van der Waals surface area (Å²) in [6.45, 7) is 8.13. The molecule has 2 rings (SSSR count). The number of nitrogens with two attached hydrogens (primary N) is 1. The van der Waals surface area contributed by atoms with E-state index in [1.807, 2.05) is 0 Å². The topological polar surface area (TPSA) is 50.9 Å². The first-order valence-corrected chi connectivity index (χ1v) is 8.87. The van der Waals surface area contributed by atoms with E-state index in [0.29, 0.717) is 6.10 Å². The molecule has 0 spiro atoms. The summed E-state index contributed by atoms with van der Waals surface area (Å²) in [5.41, 5.74) is 6.16. The second-order valence-electron chi connectivity index (χ2n) is 6.76. The molecule has 0 aromatic heterocycles. The van der Waals surface area contributed by atoms with Crippen LogP contribution in [0.3, 0.4) is 0 Å². The number of piperidine rings is 1. The molecule has 1 saturated carbocycles. The van der Waals surface area contributed by atoms with Crippen molar-refractivity contribution in [1.29, 1.82) is 0 Å². The average Bonchev–Trinajstić information content (AvgIpc) is 3.00. The van der Waals surface area contributed by atoms with Crippen LogP contribution in [-0.4, -0.2) is 43.2 Å². The van der Waals surface area contributed by atoms with Crippen molar-refractivity contribution in [2.24, 2.45) is 22.6 Å². The van der Waals surface area contributed by atoms with Gasteiger partial charge in [0.1, 0.15) is 0 Å². The minimum Gasteiger partial charge on any atom is -0.378 e. The van der Waals surface area contributed by atoms with Gasteiger partial charge in [-0.2, -0.15) is 0 Å². The van der Waals surface area contributed by atoms with Crippen LogP contribution >= 0.6 is 24.0 Å². The van der Waals surface area contributed by atoms with E-state index in [4.69, 9.17) is 10.5 Å². The number of aliphatic imine (C=N–C) groups is 1. The third kappa shape index (κ3) is 6.22. The molecule has 0 aromatic carbocycles. The van der Waals surface area contributed by atoms with Gasteiger partial charge in [-0.05, 0) is 50.9 Å². The third-order valence-corrected chi connectivity index (χ3v) is 4.97. The Labute approximate surface area is 153 Å². The van der Waals surface area contributed by atoms with E-state index in [0.717, 1.165) is 50.5 Å². The second kappa shape index (κ2) is 10.7. The highest BCUT2D eigenvalue weighted by atomic mass is 127. The molecule has 0 bridgehead atoms. The van der Waals surface area contributed by atoms with E-state index >= 15 is 0 Å². The molecule has 1 heterocycles. The van der Waals surface area contributed by atoms with Gasteiger partial charge in [0.05, 0.1) is 6.10 Å². The molecule has 2 aliphatic rings. The lowest BCUT2D eigenvalue weighted by Crippen LogP contribution is -2.43. The molecule has 1 saturated heterocycles. The molecule has 2 unspecified atom stereocenters. The molecule has 2 N–H and O–H groups in total. The van der Waals surface area contributed by atoms with E-state index in [9.17, 15) is 0 Å². The Morgan fingerprint density at radius 1 is 1.27 bits per heavy atom. The monoisotopic (exact) mass is 423 g/mol. The highest BCUT2D eigenvalue weighted by Gasteiger charge is 2.25. The molecule has 5 heteroatoms. The number of hydrogen-bond acceptors (Lipinski definition) is 2. The maximum absolute atomic E-state index is 6.16. The van der Waals surface area contributed by atoms with Gasteiger partial charge in [0.15, 0.2) is 5.96 Å². The van der Waals surface area contributed by atoms with Crippen molar-refractivity contribution < 1.29 is 4.74 Å². The molecule has 0 radical (unpaired) electrons. The summed E-state index contributed by atoms with van der Waals surface area (Å²) in [6, 6.07) is 0. The van der Waals surface area contributed by atoms with Crippen LogP contribution < -0.4 is 5.73 Å². The quantitative estimate of drug-likeness (QED) is 0.403. The van der Waals surface area contributed by atoms with Crippen LogP contribution in [0.4, 0.5) is 0 Å². The van der Waals surface area contributed by atoms with Crippen LogP contribution in [0, 0.1) is 11.8 Å². The van der Waals surface area contributed by atoms with E-state index in [-0.39, 0.29) is 24.0 Å². The fourth-order valence-corrected chi connectivity index (χ4v) is 3.80. The lowest BCUT2D eigenvalue weighted by atomic mass is 9.98. The number of guanidine groups is 1. The first kappa shape index (κ1) is 20.0. The van der Waals surface area contributed by atoms with Crippen LogP contribution in [0.25, 0.3) is 0 Å². The minimum atomic E-state index is 0. The highest BCUT2D eigenvalue weighted by molar-refractivity contribution is 14.0. The number of nitrogens with zero attached hydrogens (tertiary/aromatic N) is 2. The molecule has 1 aliphatic heterocycles. The number of hydrogen-bond donors (Lipinski definition) is 1. The van der Waals surface area contributed by atoms with E-state index in [2.05, 4.69) is 23.7 Å². The molecule has 130 valence electrons. The van der Waals surface area contributed by atoms with Crippen molar-refractivity contribution in [2.75, 3.05) is 26.2 Å². The van der Waals surface area contributed by atoms with Gasteiger partial charge in [-0.25, -0.2) is 0 Å². The van der Waals surface area contributed by atoms with Gasteiger partial charge in [-0.3, -0.25) is 4.99 Å². The summed E-state index contributed by atoms with van der Waals surface area (Å²) in [5, 5.41) is 0. The molecule has 2 atom stereocenters. The van der Waals surface area contributed by atoms with Crippen molar-refractivity contribution >= 4 is 29.9 Å². The fourth-order valence-electron chi connectivity index (χ4n) is 3.80. The summed E-state index contributed by atoms with van der Waals surface area (Å²) in [7, 11) is 0. The highest BCUT2D eigenvalue weighted by Crippen LogP contribution is 2.30. The zero-order valence-electron chi connectivity index (χ0n) is 14.3. The Balaban J connectivity index is 0.00000242. The van der Waals surface area contributed by atoms with Crippen molar-refractivity contribution in [3.05, 3.63) is 0 Å². The van der Waals surface area contributed by atoms with E-state index < -0.39 is 0 Å². The number of rotatable bonds is 6. The van der Waals surface area contributed by atoms with Crippen LogP contribution in [0.1, 0.15) is 58.8 Å². The average molecular weight is 423 g/mol. The van der Waals surface area contributed by atoms with Gasteiger partial charge in [0.2, 0.25) is 0 Å². The predicted octanol–water partition coefficient (Wildman–Crippen LogP) is 3.64. The maximum atomic E-state index is 6.16. The minimum absolute atomic E-state index is 0. The van der Waals surface area contributed by atoms with Crippen LogP contribution in [0.5, 0.6) is 0 Å². The SMILES string of the molecule is CCOC(CCN=C(N)N1CCCC(C)C1)C1CCCC1.I. The second-order valence-corrected chi connectivity index (χ2v) is 6.76. The molecule has 2 fully saturated rings. The third-order valence-electron chi connectivity index (χ3n) is 4.97. The van der Waals surface area contributed by atoms with E-state index in [1.54, 1.807) is 0 Å². The van der Waals surface area contributed by atoms with Crippen LogP contribution in [-0.2, 0) is 4.74 Å². The summed E-state index contributed by atoms with van der Waals surface area (Å²) in [4.78, 5) is 6.87. The Kier molecular flexibility index (Phi) is 9.71. The lowest BCUT2D eigenvalue weighted by molar-refractivity contribution is 0.0177. The normalized spacial score (nSPS) is 25.1. The summed E-state index contributed by atoms with van der Waals surface area (Å²) in [5.74, 6) is 2.22. The van der Waals surface area contributed by atoms with Crippen molar-refractivity contribution in [2.45, 2.75) is 64.9 Å². The van der Waals surface area contributed by atoms with Crippen molar-refractivity contribution in [1.82, 2.24) is 4.90 Å². The molecule has 1 aliphatic carbocycles.